The minimum Gasteiger partial charge on any atom is -0.444 e. The summed E-state index contributed by atoms with van der Waals surface area (Å²) < 4.78 is 5.29. The van der Waals surface area contributed by atoms with Crippen LogP contribution < -0.4 is 16.4 Å². The molecule has 8 nitrogen and oxygen atoms in total. The molecule has 0 aliphatic heterocycles. The van der Waals surface area contributed by atoms with Gasteiger partial charge >= 0.3 is 6.09 Å². The quantitative estimate of drug-likeness (QED) is 0.568. The predicted molar refractivity (Wildman–Crippen MR) is 103 cm³/mol. The van der Waals surface area contributed by atoms with Crippen LogP contribution in [0.5, 0.6) is 0 Å². The second kappa shape index (κ2) is 8.92. The Bertz CT molecular complexity index is 616. The van der Waals surface area contributed by atoms with E-state index in [1.165, 1.54) is 6.42 Å². The highest BCUT2D eigenvalue weighted by molar-refractivity contribution is 6.39. The molecule has 3 amide bonds. The Morgan fingerprint density at radius 3 is 2.14 bits per heavy atom. The fourth-order valence-electron chi connectivity index (χ4n) is 3.94. The van der Waals surface area contributed by atoms with E-state index >= 15 is 0 Å². The van der Waals surface area contributed by atoms with Gasteiger partial charge in [-0.2, -0.15) is 0 Å². The van der Waals surface area contributed by atoms with Crippen LogP contribution in [0.3, 0.4) is 0 Å². The van der Waals surface area contributed by atoms with Crippen molar-refractivity contribution in [1.29, 1.82) is 0 Å². The summed E-state index contributed by atoms with van der Waals surface area (Å²) in [5.74, 6) is -1.97. The van der Waals surface area contributed by atoms with Crippen LogP contribution in [0.4, 0.5) is 4.79 Å². The summed E-state index contributed by atoms with van der Waals surface area (Å²) in [5, 5.41) is 5.37. The van der Waals surface area contributed by atoms with Crippen LogP contribution in [0, 0.1) is 5.92 Å². The first kappa shape index (κ1) is 22.2. The van der Waals surface area contributed by atoms with E-state index in [1.54, 1.807) is 20.8 Å². The number of nitrogens with two attached hydrogens (primary N) is 1. The molecule has 0 spiro atoms. The van der Waals surface area contributed by atoms with Gasteiger partial charge in [0.05, 0.1) is 0 Å². The zero-order valence-corrected chi connectivity index (χ0v) is 17.1. The van der Waals surface area contributed by atoms with Gasteiger partial charge in [0, 0.05) is 0 Å². The molecule has 0 aromatic rings. The molecular formula is C20H33N3O5. The number of primary amides is 1. The lowest BCUT2D eigenvalue weighted by molar-refractivity contribution is -0.144. The normalized spacial score (nSPS) is 20.4. The van der Waals surface area contributed by atoms with Crippen LogP contribution >= 0.6 is 0 Å². The first-order valence-corrected chi connectivity index (χ1v) is 10.2. The largest absolute Gasteiger partial charge is 0.444 e. The number of hydrogen-bond acceptors (Lipinski definition) is 5. The van der Waals surface area contributed by atoms with Gasteiger partial charge in [0.1, 0.15) is 17.2 Å². The van der Waals surface area contributed by atoms with Gasteiger partial charge in [-0.25, -0.2) is 4.79 Å². The van der Waals surface area contributed by atoms with Crippen LogP contribution in [-0.2, 0) is 19.1 Å². The molecule has 0 radical (unpaired) electrons. The lowest BCUT2D eigenvalue weighted by atomic mass is 9.73. The second-order valence-electron chi connectivity index (χ2n) is 9.06. The summed E-state index contributed by atoms with van der Waals surface area (Å²) in [6.07, 6.45) is 6.70. The van der Waals surface area contributed by atoms with Crippen LogP contribution in [0.25, 0.3) is 0 Å². The highest BCUT2D eigenvalue weighted by Gasteiger charge is 2.48. The lowest BCUT2D eigenvalue weighted by Crippen LogP contribution is -2.65. The Balaban J connectivity index is 2.09. The van der Waals surface area contributed by atoms with Crippen molar-refractivity contribution in [3.63, 3.8) is 0 Å². The van der Waals surface area contributed by atoms with Gasteiger partial charge in [0.15, 0.2) is 0 Å². The third-order valence-electron chi connectivity index (χ3n) is 5.53. The van der Waals surface area contributed by atoms with Gasteiger partial charge in [-0.15, -0.1) is 0 Å². The third-order valence-corrected chi connectivity index (χ3v) is 5.53. The standard InChI is InChI=1S/C20H33N3O5/c1-19(2,3)28-18(27)22-14(12-13-8-5-4-6-9-13)17(26)23-20(10-7-11-20)15(24)16(21)25/h13-14H,4-12H2,1-3H3,(H2,21,25)(H,22,27)(H,23,26)/t14-/m0/s1. The number of ketones is 1. The molecule has 2 rings (SSSR count). The SMILES string of the molecule is CC(C)(C)OC(=O)N[C@@H](CC1CCCCC1)C(=O)NC1(C(=O)C(N)=O)CCC1. The molecule has 2 saturated carbocycles. The van der Waals surface area contributed by atoms with Gasteiger partial charge in [-0.1, -0.05) is 32.1 Å². The summed E-state index contributed by atoms with van der Waals surface area (Å²) in [5.41, 5.74) is 3.23. The number of carbonyl (C=O) groups excluding carboxylic acids is 4. The van der Waals surface area contributed by atoms with E-state index in [1.807, 2.05) is 0 Å². The Labute approximate surface area is 166 Å². The maximum atomic E-state index is 13.0. The number of amides is 3. The highest BCUT2D eigenvalue weighted by Crippen LogP contribution is 2.33. The molecule has 0 saturated heterocycles. The fraction of sp³-hybridized carbons (Fsp3) is 0.800. The van der Waals surface area contributed by atoms with Gasteiger partial charge in [0.2, 0.25) is 11.7 Å². The first-order valence-electron chi connectivity index (χ1n) is 10.2. The molecule has 0 aromatic heterocycles. The van der Waals surface area contributed by atoms with E-state index in [0.717, 1.165) is 32.1 Å². The first-order chi connectivity index (χ1) is 13.0. The summed E-state index contributed by atoms with van der Waals surface area (Å²) in [4.78, 5) is 48.8. The molecule has 8 heteroatoms. The zero-order valence-electron chi connectivity index (χ0n) is 17.1. The number of ether oxygens (including phenoxy) is 1. The van der Waals surface area contributed by atoms with Crippen molar-refractivity contribution in [2.24, 2.45) is 11.7 Å². The van der Waals surface area contributed by atoms with Crippen molar-refractivity contribution in [1.82, 2.24) is 10.6 Å². The molecule has 0 heterocycles. The zero-order chi connectivity index (χ0) is 20.9. The number of Topliss-reactive ketones (excluding diaryl/α,β-unsaturated/α-hetero) is 1. The minimum absolute atomic E-state index is 0.323. The topological polar surface area (TPSA) is 128 Å². The number of rotatable bonds is 7. The third kappa shape index (κ3) is 5.94. The monoisotopic (exact) mass is 395 g/mol. The number of nitrogens with one attached hydrogen (secondary N) is 2. The Morgan fingerprint density at radius 1 is 1.07 bits per heavy atom. The summed E-state index contributed by atoms with van der Waals surface area (Å²) in [7, 11) is 0. The molecule has 0 aromatic carbocycles. The maximum Gasteiger partial charge on any atom is 0.408 e. The molecule has 158 valence electrons. The van der Waals surface area contributed by atoms with Gasteiger partial charge < -0.3 is 21.1 Å². The number of hydrogen-bond donors (Lipinski definition) is 3. The molecule has 0 bridgehead atoms. The van der Waals surface area contributed by atoms with Crippen LogP contribution in [0.1, 0.15) is 78.6 Å². The molecule has 28 heavy (non-hydrogen) atoms. The average Bonchev–Trinajstić information content (AvgIpc) is 2.56. The van der Waals surface area contributed by atoms with Crippen molar-refractivity contribution in [3.8, 4) is 0 Å². The summed E-state index contributed by atoms with van der Waals surface area (Å²) in [6.45, 7) is 5.24. The van der Waals surface area contributed by atoms with Gasteiger partial charge in [-0.3, -0.25) is 14.4 Å². The van der Waals surface area contributed by atoms with Gasteiger partial charge in [-0.05, 0) is 52.4 Å². The average molecular weight is 396 g/mol. The van der Waals surface area contributed by atoms with Crippen molar-refractivity contribution >= 4 is 23.7 Å². The maximum absolute atomic E-state index is 13.0. The number of alkyl carbamates (subject to hydrolysis) is 1. The van der Waals surface area contributed by atoms with E-state index in [9.17, 15) is 19.2 Å². The van der Waals surface area contributed by atoms with Crippen LogP contribution in [-0.4, -0.2) is 40.9 Å². The summed E-state index contributed by atoms with van der Waals surface area (Å²) in [6, 6.07) is -0.823. The van der Waals surface area contributed by atoms with E-state index in [-0.39, 0.29) is 0 Å². The Hall–Kier alpha value is -2.12. The van der Waals surface area contributed by atoms with E-state index in [4.69, 9.17) is 10.5 Å². The molecule has 2 fully saturated rings. The molecule has 1 atom stereocenters. The van der Waals surface area contributed by atoms with Crippen LogP contribution in [0.15, 0.2) is 0 Å². The molecular weight excluding hydrogens is 362 g/mol. The minimum atomic E-state index is -1.23. The second-order valence-corrected chi connectivity index (χ2v) is 9.06. The molecule has 0 unspecified atom stereocenters. The fourth-order valence-corrected chi connectivity index (χ4v) is 3.94. The van der Waals surface area contributed by atoms with Crippen molar-refractivity contribution < 1.29 is 23.9 Å². The Kier molecular flexibility index (Phi) is 7.06. The van der Waals surface area contributed by atoms with Crippen molar-refractivity contribution in [2.45, 2.75) is 95.7 Å². The summed E-state index contributed by atoms with van der Waals surface area (Å²) >= 11 is 0. The van der Waals surface area contributed by atoms with E-state index < -0.39 is 40.9 Å². The van der Waals surface area contributed by atoms with Gasteiger partial charge in [0.25, 0.3) is 5.91 Å². The van der Waals surface area contributed by atoms with Crippen molar-refractivity contribution in [3.05, 3.63) is 0 Å². The smallest absolute Gasteiger partial charge is 0.408 e. The molecule has 2 aliphatic rings. The molecule has 4 N–H and O–H groups in total. The predicted octanol–water partition coefficient (Wildman–Crippen LogP) is 1.94. The number of carbonyl (C=O) groups is 4. The Morgan fingerprint density at radius 2 is 1.68 bits per heavy atom. The lowest BCUT2D eigenvalue weighted by Gasteiger charge is -2.41. The van der Waals surface area contributed by atoms with E-state index in [0.29, 0.717) is 25.2 Å². The van der Waals surface area contributed by atoms with Crippen LogP contribution in [0.2, 0.25) is 0 Å². The van der Waals surface area contributed by atoms with E-state index in [2.05, 4.69) is 10.6 Å². The highest BCUT2D eigenvalue weighted by atomic mass is 16.6. The van der Waals surface area contributed by atoms with Crippen molar-refractivity contribution in [2.75, 3.05) is 0 Å². The molecule has 2 aliphatic carbocycles.